The maximum Gasteiger partial charge on any atom is 0.326 e. The number of amides is 5. The molecule has 0 aromatic heterocycles. The Hall–Kier alpha value is -3.26. The maximum atomic E-state index is 12.6. The SMILES string of the molecule is CC(C)CC(NC(=O)C(CC(N)=O)NC(=O)C(N)CO)C(=O)NC(CC(N)=O)C(=O)O. The van der Waals surface area contributed by atoms with Crippen molar-refractivity contribution in [2.24, 2.45) is 23.1 Å². The third-order valence-electron chi connectivity index (χ3n) is 3.93. The zero-order chi connectivity index (χ0) is 24.3. The fourth-order valence-corrected chi connectivity index (χ4v) is 2.42. The highest BCUT2D eigenvalue weighted by Crippen LogP contribution is 2.07. The molecule has 11 N–H and O–H groups in total. The van der Waals surface area contributed by atoms with Gasteiger partial charge in [-0.1, -0.05) is 13.8 Å². The summed E-state index contributed by atoms with van der Waals surface area (Å²) in [6.07, 6.45) is -1.22. The molecule has 176 valence electrons. The molecule has 0 aromatic rings. The lowest BCUT2D eigenvalue weighted by Crippen LogP contribution is -2.58. The number of primary amides is 2. The molecule has 0 fully saturated rings. The highest BCUT2D eigenvalue weighted by atomic mass is 16.4. The Morgan fingerprint density at radius 1 is 0.774 bits per heavy atom. The minimum Gasteiger partial charge on any atom is -0.480 e. The molecule has 31 heavy (non-hydrogen) atoms. The smallest absolute Gasteiger partial charge is 0.326 e. The van der Waals surface area contributed by atoms with Gasteiger partial charge in [0.1, 0.15) is 24.2 Å². The van der Waals surface area contributed by atoms with E-state index in [1.54, 1.807) is 13.8 Å². The summed E-state index contributed by atoms with van der Waals surface area (Å²) in [5.74, 6) is -6.33. The Kier molecular flexibility index (Phi) is 11.7. The van der Waals surface area contributed by atoms with Crippen molar-refractivity contribution >= 4 is 35.5 Å². The minimum absolute atomic E-state index is 0.0634. The van der Waals surface area contributed by atoms with Crippen LogP contribution in [0.1, 0.15) is 33.1 Å². The Bertz CT molecular complexity index is 698. The van der Waals surface area contributed by atoms with Crippen LogP contribution in [-0.2, 0) is 28.8 Å². The highest BCUT2D eigenvalue weighted by Gasteiger charge is 2.31. The second-order valence-corrected chi connectivity index (χ2v) is 7.28. The molecule has 14 heteroatoms. The highest BCUT2D eigenvalue weighted by molar-refractivity contribution is 5.96. The van der Waals surface area contributed by atoms with E-state index in [9.17, 15) is 28.8 Å². The number of hydrogen-bond acceptors (Lipinski definition) is 8. The van der Waals surface area contributed by atoms with Crippen molar-refractivity contribution in [1.82, 2.24) is 16.0 Å². The summed E-state index contributed by atoms with van der Waals surface area (Å²) in [5, 5.41) is 24.7. The van der Waals surface area contributed by atoms with Crippen LogP contribution in [-0.4, -0.2) is 76.5 Å². The molecule has 0 rings (SSSR count). The van der Waals surface area contributed by atoms with Crippen molar-refractivity contribution < 1.29 is 39.0 Å². The largest absolute Gasteiger partial charge is 0.480 e. The molecule has 5 amide bonds. The molecule has 0 aliphatic heterocycles. The summed E-state index contributed by atoms with van der Waals surface area (Å²) in [5.41, 5.74) is 15.4. The number of carboxylic acid groups (broad SMARTS) is 1. The van der Waals surface area contributed by atoms with E-state index in [2.05, 4.69) is 16.0 Å². The van der Waals surface area contributed by atoms with Gasteiger partial charge in [-0.2, -0.15) is 0 Å². The first-order valence-corrected chi connectivity index (χ1v) is 9.35. The van der Waals surface area contributed by atoms with Crippen LogP contribution in [0.4, 0.5) is 0 Å². The summed E-state index contributed by atoms with van der Waals surface area (Å²) in [6, 6.07) is -5.73. The third-order valence-corrected chi connectivity index (χ3v) is 3.93. The molecule has 4 unspecified atom stereocenters. The van der Waals surface area contributed by atoms with Gasteiger partial charge in [-0.3, -0.25) is 24.0 Å². The lowest BCUT2D eigenvalue weighted by atomic mass is 10.0. The van der Waals surface area contributed by atoms with Crippen LogP contribution in [0.15, 0.2) is 0 Å². The predicted molar refractivity (Wildman–Crippen MR) is 106 cm³/mol. The van der Waals surface area contributed by atoms with Gasteiger partial charge in [-0.05, 0) is 12.3 Å². The van der Waals surface area contributed by atoms with Crippen LogP contribution >= 0.6 is 0 Å². The standard InChI is InChI=1S/C17H30N6O8/c1-7(2)3-9(15(28)23-11(17(30)31)5-13(20)26)22-16(29)10(4-12(19)25)21-14(27)8(18)6-24/h7-11,24H,3-6,18H2,1-2H3,(H2,19,25)(H2,20,26)(H,21,27)(H,22,29)(H,23,28)(H,30,31). The number of carboxylic acids is 1. The first-order chi connectivity index (χ1) is 14.3. The van der Waals surface area contributed by atoms with Gasteiger partial charge < -0.3 is 43.4 Å². The van der Waals surface area contributed by atoms with E-state index in [-0.39, 0.29) is 12.3 Å². The molecular formula is C17H30N6O8. The number of rotatable bonds is 14. The average molecular weight is 446 g/mol. The van der Waals surface area contributed by atoms with E-state index < -0.39 is 79.1 Å². The summed E-state index contributed by atoms with van der Waals surface area (Å²) in [4.78, 5) is 70.6. The second kappa shape index (κ2) is 13.1. The lowest BCUT2D eigenvalue weighted by molar-refractivity contribution is -0.144. The van der Waals surface area contributed by atoms with Gasteiger partial charge in [-0.25, -0.2) is 4.79 Å². The van der Waals surface area contributed by atoms with Crippen molar-refractivity contribution in [3.8, 4) is 0 Å². The van der Waals surface area contributed by atoms with Crippen LogP contribution in [0.2, 0.25) is 0 Å². The molecule has 0 saturated heterocycles. The number of carbonyl (C=O) groups is 6. The van der Waals surface area contributed by atoms with Crippen LogP contribution in [0.5, 0.6) is 0 Å². The summed E-state index contributed by atoms with van der Waals surface area (Å²) < 4.78 is 0. The van der Waals surface area contributed by atoms with E-state index in [1.807, 2.05) is 0 Å². The van der Waals surface area contributed by atoms with Gasteiger partial charge in [0, 0.05) is 0 Å². The number of carbonyl (C=O) groups excluding carboxylic acids is 5. The zero-order valence-corrected chi connectivity index (χ0v) is 17.3. The van der Waals surface area contributed by atoms with Gasteiger partial charge in [0.05, 0.1) is 19.4 Å². The fraction of sp³-hybridized carbons (Fsp3) is 0.647. The van der Waals surface area contributed by atoms with Crippen LogP contribution < -0.4 is 33.2 Å². The molecule has 4 atom stereocenters. The molecule has 0 radical (unpaired) electrons. The second-order valence-electron chi connectivity index (χ2n) is 7.28. The van der Waals surface area contributed by atoms with E-state index >= 15 is 0 Å². The molecule has 0 aliphatic rings. The van der Waals surface area contributed by atoms with Gasteiger partial charge in [-0.15, -0.1) is 0 Å². The van der Waals surface area contributed by atoms with Gasteiger partial charge in [0.25, 0.3) is 0 Å². The molecule has 0 aromatic carbocycles. The van der Waals surface area contributed by atoms with Crippen molar-refractivity contribution in [1.29, 1.82) is 0 Å². The van der Waals surface area contributed by atoms with Crippen LogP contribution in [0.25, 0.3) is 0 Å². The number of aliphatic hydroxyl groups excluding tert-OH is 1. The molecule has 0 saturated carbocycles. The molecule has 14 nitrogen and oxygen atoms in total. The quantitative estimate of drug-likeness (QED) is 0.128. The minimum atomic E-state index is -1.61. The summed E-state index contributed by atoms with van der Waals surface area (Å²) in [6.45, 7) is 2.74. The van der Waals surface area contributed by atoms with E-state index in [4.69, 9.17) is 27.4 Å². The normalized spacial score (nSPS) is 14.6. The van der Waals surface area contributed by atoms with Crippen LogP contribution in [0.3, 0.4) is 0 Å². The monoisotopic (exact) mass is 446 g/mol. The van der Waals surface area contributed by atoms with Crippen molar-refractivity contribution in [2.45, 2.75) is 57.3 Å². The topological polar surface area (TPSA) is 257 Å². The van der Waals surface area contributed by atoms with Crippen LogP contribution in [0, 0.1) is 5.92 Å². The Morgan fingerprint density at radius 2 is 1.19 bits per heavy atom. The third kappa shape index (κ3) is 10.9. The number of hydrogen-bond donors (Lipinski definition) is 8. The first-order valence-electron chi connectivity index (χ1n) is 9.35. The van der Waals surface area contributed by atoms with Gasteiger partial charge in [0.15, 0.2) is 0 Å². The zero-order valence-electron chi connectivity index (χ0n) is 17.3. The molecule has 0 spiro atoms. The molecule has 0 aliphatic carbocycles. The molecular weight excluding hydrogens is 416 g/mol. The Balaban J connectivity index is 5.51. The first kappa shape index (κ1) is 27.7. The number of aliphatic hydroxyl groups is 1. The van der Waals surface area contributed by atoms with Gasteiger partial charge >= 0.3 is 5.97 Å². The van der Waals surface area contributed by atoms with Gasteiger partial charge in [0.2, 0.25) is 29.5 Å². The number of aliphatic carboxylic acids is 1. The summed E-state index contributed by atoms with van der Waals surface area (Å²) >= 11 is 0. The number of nitrogens with two attached hydrogens (primary N) is 3. The maximum absolute atomic E-state index is 12.6. The lowest BCUT2D eigenvalue weighted by Gasteiger charge is -2.25. The Morgan fingerprint density at radius 3 is 1.61 bits per heavy atom. The van der Waals surface area contributed by atoms with Crippen molar-refractivity contribution in [3.05, 3.63) is 0 Å². The van der Waals surface area contributed by atoms with Crippen molar-refractivity contribution in [3.63, 3.8) is 0 Å². The van der Waals surface area contributed by atoms with Crippen molar-refractivity contribution in [2.75, 3.05) is 6.61 Å². The Labute approximate surface area is 178 Å². The number of nitrogens with one attached hydrogen (secondary N) is 3. The van der Waals surface area contributed by atoms with E-state index in [0.717, 1.165) is 0 Å². The molecule has 0 bridgehead atoms. The van der Waals surface area contributed by atoms with E-state index in [0.29, 0.717) is 0 Å². The molecule has 0 heterocycles. The fourth-order valence-electron chi connectivity index (χ4n) is 2.42. The average Bonchev–Trinajstić information content (AvgIpc) is 2.64. The van der Waals surface area contributed by atoms with E-state index in [1.165, 1.54) is 0 Å². The predicted octanol–water partition coefficient (Wildman–Crippen LogP) is -4.36. The summed E-state index contributed by atoms with van der Waals surface area (Å²) in [7, 11) is 0.